The lowest BCUT2D eigenvalue weighted by atomic mass is 10.3. The van der Waals surface area contributed by atoms with Crippen LogP contribution in [0.15, 0.2) is 23.5 Å². The Hall–Kier alpha value is -2.38. The summed E-state index contributed by atoms with van der Waals surface area (Å²) in [5.41, 5.74) is 1.01. The first-order chi connectivity index (χ1) is 12.6. The molecule has 8 heteroatoms. The number of aryl methyl sites for hydroxylation is 1. The van der Waals surface area contributed by atoms with Gasteiger partial charge in [-0.2, -0.15) is 0 Å². The van der Waals surface area contributed by atoms with Gasteiger partial charge in [-0.15, -0.1) is 10.2 Å². The van der Waals surface area contributed by atoms with Crippen LogP contribution in [0.2, 0.25) is 0 Å². The van der Waals surface area contributed by atoms with Crippen LogP contribution >= 0.6 is 0 Å². The number of carbonyl (C=O) groups is 1. The van der Waals surface area contributed by atoms with Gasteiger partial charge >= 0.3 is 0 Å². The quantitative estimate of drug-likeness (QED) is 0.281. The Morgan fingerprint density at radius 3 is 2.85 bits per heavy atom. The van der Waals surface area contributed by atoms with Crippen molar-refractivity contribution in [3.8, 4) is 0 Å². The molecular weight excluding hydrogens is 330 g/mol. The molecule has 8 nitrogen and oxygen atoms in total. The van der Waals surface area contributed by atoms with E-state index in [2.05, 4.69) is 39.3 Å². The number of amides is 1. The normalized spacial score (nSPS) is 14.8. The molecule has 0 aromatic carbocycles. The molecule has 0 spiro atoms. The lowest BCUT2D eigenvalue weighted by molar-refractivity contribution is -0.127. The third-order valence-corrected chi connectivity index (χ3v) is 4.23. The third-order valence-electron chi connectivity index (χ3n) is 4.23. The van der Waals surface area contributed by atoms with Crippen molar-refractivity contribution in [2.75, 3.05) is 32.7 Å². The van der Waals surface area contributed by atoms with Crippen molar-refractivity contribution >= 4 is 11.9 Å². The van der Waals surface area contributed by atoms with Crippen LogP contribution in [0.1, 0.15) is 38.9 Å². The lowest BCUT2D eigenvalue weighted by Gasteiger charge is -2.17. The van der Waals surface area contributed by atoms with Crippen molar-refractivity contribution in [3.05, 3.63) is 24.3 Å². The van der Waals surface area contributed by atoms with E-state index >= 15 is 0 Å². The number of hydrogen-bond acceptors (Lipinski definition) is 4. The molecule has 2 N–H and O–H groups in total. The van der Waals surface area contributed by atoms with Crippen molar-refractivity contribution in [2.24, 2.45) is 4.99 Å². The molecule has 144 valence electrons. The van der Waals surface area contributed by atoms with E-state index in [0.29, 0.717) is 13.0 Å². The number of rotatable bonds is 10. The fraction of sp³-hybridized carbons (Fsp3) is 0.667. The van der Waals surface area contributed by atoms with E-state index in [1.807, 2.05) is 16.4 Å². The third kappa shape index (κ3) is 6.50. The summed E-state index contributed by atoms with van der Waals surface area (Å²) in [7, 11) is 0. The summed E-state index contributed by atoms with van der Waals surface area (Å²) in [6.07, 6.45) is 5.21. The summed E-state index contributed by atoms with van der Waals surface area (Å²) in [5.74, 6) is 2.03. The predicted molar refractivity (Wildman–Crippen MR) is 103 cm³/mol. The van der Waals surface area contributed by atoms with Gasteiger partial charge in [-0.1, -0.05) is 19.1 Å². The van der Waals surface area contributed by atoms with Crippen molar-refractivity contribution < 1.29 is 4.79 Å². The number of nitrogens with zero attached hydrogens (tertiary/aromatic N) is 5. The van der Waals surface area contributed by atoms with Gasteiger partial charge in [-0.25, -0.2) is 4.99 Å². The fourth-order valence-electron chi connectivity index (χ4n) is 2.84. The van der Waals surface area contributed by atoms with Gasteiger partial charge in [0.1, 0.15) is 12.2 Å². The van der Waals surface area contributed by atoms with E-state index in [4.69, 9.17) is 0 Å². The molecule has 1 aliphatic rings. The van der Waals surface area contributed by atoms with Crippen LogP contribution in [0.4, 0.5) is 0 Å². The average molecular weight is 361 g/mol. The summed E-state index contributed by atoms with van der Waals surface area (Å²) in [5, 5.41) is 14.7. The van der Waals surface area contributed by atoms with Gasteiger partial charge in [0.15, 0.2) is 5.96 Å². The smallest absolute Gasteiger partial charge is 0.222 e. The predicted octanol–water partition coefficient (Wildman–Crippen LogP) is 0.964. The summed E-state index contributed by atoms with van der Waals surface area (Å²) in [6.45, 7) is 12.5. The molecule has 1 aromatic rings. The minimum atomic E-state index is 0.278. The van der Waals surface area contributed by atoms with E-state index < -0.39 is 0 Å². The number of guanidine groups is 1. The summed E-state index contributed by atoms with van der Waals surface area (Å²) in [4.78, 5) is 18.1. The highest BCUT2D eigenvalue weighted by molar-refractivity contribution is 5.80. The molecule has 0 saturated carbocycles. The molecule has 0 atom stereocenters. The maximum absolute atomic E-state index is 11.6. The van der Waals surface area contributed by atoms with Gasteiger partial charge in [0.05, 0.1) is 6.54 Å². The molecular formula is C18H31N7O. The molecule has 0 radical (unpaired) electrons. The van der Waals surface area contributed by atoms with Crippen molar-refractivity contribution in [2.45, 2.75) is 46.1 Å². The number of nitrogens with one attached hydrogen (secondary N) is 2. The summed E-state index contributed by atoms with van der Waals surface area (Å²) >= 11 is 0. The number of hydrogen-bond donors (Lipinski definition) is 2. The van der Waals surface area contributed by atoms with Crippen molar-refractivity contribution in [1.82, 2.24) is 30.3 Å². The molecule has 1 aliphatic heterocycles. The van der Waals surface area contributed by atoms with Crippen LogP contribution in [-0.2, 0) is 17.8 Å². The van der Waals surface area contributed by atoms with Crippen LogP contribution in [-0.4, -0.2) is 64.3 Å². The average Bonchev–Trinajstić information content (AvgIpc) is 3.24. The Morgan fingerprint density at radius 2 is 2.15 bits per heavy atom. The van der Waals surface area contributed by atoms with Crippen LogP contribution in [0.25, 0.3) is 0 Å². The first-order valence-electron chi connectivity index (χ1n) is 9.41. The highest BCUT2D eigenvalue weighted by atomic mass is 16.2. The Bertz CT molecular complexity index is 623. The number of carbonyl (C=O) groups excluding carboxylic acids is 1. The van der Waals surface area contributed by atoms with E-state index in [1.54, 1.807) is 6.33 Å². The van der Waals surface area contributed by atoms with Crippen LogP contribution in [0, 0.1) is 0 Å². The molecule has 1 aromatic heterocycles. The monoisotopic (exact) mass is 361 g/mol. The maximum Gasteiger partial charge on any atom is 0.222 e. The summed E-state index contributed by atoms with van der Waals surface area (Å²) < 4.78 is 2.04. The minimum absolute atomic E-state index is 0.278. The van der Waals surface area contributed by atoms with Crippen molar-refractivity contribution in [1.29, 1.82) is 0 Å². The zero-order chi connectivity index (χ0) is 18.8. The second-order valence-corrected chi connectivity index (χ2v) is 6.61. The fourth-order valence-corrected chi connectivity index (χ4v) is 2.84. The van der Waals surface area contributed by atoms with E-state index in [0.717, 1.165) is 69.3 Å². The lowest BCUT2D eigenvalue weighted by Crippen LogP contribution is -2.40. The SMILES string of the molecule is C=C(C)CN=C(NCCCN1CCCC1=O)NCCn1cnnc1CC. The Labute approximate surface area is 155 Å². The summed E-state index contributed by atoms with van der Waals surface area (Å²) in [6, 6.07) is 0. The highest BCUT2D eigenvalue weighted by Crippen LogP contribution is 2.09. The molecule has 26 heavy (non-hydrogen) atoms. The largest absolute Gasteiger partial charge is 0.356 e. The van der Waals surface area contributed by atoms with Crippen molar-refractivity contribution in [3.63, 3.8) is 0 Å². The van der Waals surface area contributed by atoms with Gasteiger partial charge < -0.3 is 20.1 Å². The first kappa shape index (κ1) is 19.9. The van der Waals surface area contributed by atoms with Gasteiger partial charge in [0, 0.05) is 45.6 Å². The van der Waals surface area contributed by atoms with Gasteiger partial charge in [0.25, 0.3) is 0 Å². The highest BCUT2D eigenvalue weighted by Gasteiger charge is 2.18. The van der Waals surface area contributed by atoms with Crippen LogP contribution in [0.3, 0.4) is 0 Å². The van der Waals surface area contributed by atoms with Gasteiger partial charge in [0.2, 0.25) is 5.91 Å². The molecule has 2 rings (SSSR count). The Balaban J connectivity index is 1.74. The molecule has 1 saturated heterocycles. The van der Waals surface area contributed by atoms with E-state index in [9.17, 15) is 4.79 Å². The number of aliphatic imine (C=N–C) groups is 1. The Kier molecular flexibility index (Phi) is 8.11. The molecule has 0 bridgehead atoms. The zero-order valence-electron chi connectivity index (χ0n) is 16.0. The maximum atomic E-state index is 11.6. The number of likely N-dealkylation sites (tertiary alicyclic amines) is 1. The van der Waals surface area contributed by atoms with E-state index in [1.165, 1.54) is 0 Å². The van der Waals surface area contributed by atoms with E-state index in [-0.39, 0.29) is 5.91 Å². The standard InChI is InChI=1S/C18H31N7O/c1-4-16-23-22-14-25(16)12-9-20-18(21-13-15(2)3)19-8-6-11-24-10-5-7-17(24)26/h14H,2,4-13H2,1,3H3,(H2,19,20,21). The molecule has 0 unspecified atom stereocenters. The number of aromatic nitrogens is 3. The Morgan fingerprint density at radius 1 is 1.35 bits per heavy atom. The topological polar surface area (TPSA) is 87.4 Å². The van der Waals surface area contributed by atoms with Crippen LogP contribution in [0.5, 0.6) is 0 Å². The van der Waals surface area contributed by atoms with Gasteiger partial charge in [-0.05, 0) is 19.8 Å². The molecule has 1 amide bonds. The molecule has 2 heterocycles. The molecule has 1 fully saturated rings. The first-order valence-corrected chi connectivity index (χ1v) is 9.41. The second-order valence-electron chi connectivity index (χ2n) is 6.61. The zero-order valence-corrected chi connectivity index (χ0v) is 16.0. The minimum Gasteiger partial charge on any atom is -0.356 e. The van der Waals surface area contributed by atoms with Crippen LogP contribution < -0.4 is 10.6 Å². The molecule has 0 aliphatic carbocycles. The second kappa shape index (κ2) is 10.6. The van der Waals surface area contributed by atoms with Gasteiger partial charge in [-0.3, -0.25) is 4.79 Å².